The van der Waals surface area contributed by atoms with Gasteiger partial charge >= 0.3 is 0 Å². The predicted molar refractivity (Wildman–Crippen MR) is 62.4 cm³/mol. The second kappa shape index (κ2) is 6.38. The average Bonchev–Trinajstić information content (AvgIpc) is 2.25. The van der Waals surface area contributed by atoms with Gasteiger partial charge in [-0.15, -0.1) is 0 Å². The minimum absolute atomic E-state index is 0.470. The SMILES string of the molecule is CNC(=S)OCCCc1ccccc1. The van der Waals surface area contributed by atoms with Gasteiger partial charge in [-0.25, -0.2) is 0 Å². The normalized spacial score (nSPS) is 9.50. The molecule has 3 heteroatoms. The van der Waals surface area contributed by atoms with Crippen molar-refractivity contribution in [2.24, 2.45) is 0 Å². The smallest absolute Gasteiger partial charge is 0.256 e. The van der Waals surface area contributed by atoms with Crippen LogP contribution in [0.25, 0.3) is 0 Å². The van der Waals surface area contributed by atoms with Gasteiger partial charge in [0.15, 0.2) is 0 Å². The lowest BCUT2D eigenvalue weighted by Gasteiger charge is -2.05. The molecule has 2 nitrogen and oxygen atoms in total. The van der Waals surface area contributed by atoms with Crippen molar-refractivity contribution in [3.05, 3.63) is 35.9 Å². The molecule has 14 heavy (non-hydrogen) atoms. The zero-order valence-corrected chi connectivity index (χ0v) is 9.14. The Balaban J connectivity index is 2.13. The highest BCUT2D eigenvalue weighted by molar-refractivity contribution is 7.80. The van der Waals surface area contributed by atoms with Crippen LogP contribution in [0, 0.1) is 0 Å². The molecular weight excluding hydrogens is 194 g/mol. The Morgan fingerprint density at radius 2 is 2.07 bits per heavy atom. The third-order valence-corrected chi connectivity index (χ3v) is 2.21. The molecule has 0 saturated carbocycles. The predicted octanol–water partition coefficient (Wildman–Crippen LogP) is 2.14. The van der Waals surface area contributed by atoms with Crippen molar-refractivity contribution in [1.29, 1.82) is 0 Å². The molecule has 0 atom stereocenters. The van der Waals surface area contributed by atoms with Crippen molar-refractivity contribution in [3.63, 3.8) is 0 Å². The van der Waals surface area contributed by atoms with Gasteiger partial charge in [-0.05, 0) is 30.6 Å². The summed E-state index contributed by atoms with van der Waals surface area (Å²) < 4.78 is 5.23. The molecule has 0 radical (unpaired) electrons. The van der Waals surface area contributed by atoms with Crippen molar-refractivity contribution in [2.45, 2.75) is 12.8 Å². The van der Waals surface area contributed by atoms with Gasteiger partial charge in [-0.1, -0.05) is 30.3 Å². The van der Waals surface area contributed by atoms with Gasteiger partial charge in [-0.3, -0.25) is 0 Å². The minimum Gasteiger partial charge on any atom is -0.471 e. The lowest BCUT2D eigenvalue weighted by Crippen LogP contribution is -2.19. The van der Waals surface area contributed by atoms with Crippen molar-refractivity contribution in [2.75, 3.05) is 13.7 Å². The summed E-state index contributed by atoms with van der Waals surface area (Å²) >= 11 is 4.85. The third-order valence-electron chi connectivity index (χ3n) is 1.89. The Bertz CT molecular complexity index is 274. The quantitative estimate of drug-likeness (QED) is 0.606. The molecule has 0 aromatic heterocycles. The fraction of sp³-hybridized carbons (Fsp3) is 0.364. The van der Waals surface area contributed by atoms with E-state index in [1.165, 1.54) is 5.56 Å². The Morgan fingerprint density at radius 1 is 1.36 bits per heavy atom. The van der Waals surface area contributed by atoms with Crippen LogP contribution in [0.3, 0.4) is 0 Å². The monoisotopic (exact) mass is 209 g/mol. The molecule has 0 amide bonds. The molecule has 0 aliphatic rings. The number of aryl methyl sites for hydroxylation is 1. The molecule has 1 aromatic rings. The van der Waals surface area contributed by atoms with Gasteiger partial charge in [-0.2, -0.15) is 0 Å². The molecule has 1 aromatic carbocycles. The lowest BCUT2D eigenvalue weighted by atomic mass is 10.1. The molecule has 0 saturated heterocycles. The van der Waals surface area contributed by atoms with Crippen LogP contribution in [-0.4, -0.2) is 18.8 Å². The molecule has 0 unspecified atom stereocenters. The Hall–Kier alpha value is -1.09. The highest BCUT2D eigenvalue weighted by atomic mass is 32.1. The summed E-state index contributed by atoms with van der Waals surface area (Å²) in [6, 6.07) is 10.4. The Labute approximate surface area is 90.3 Å². The topological polar surface area (TPSA) is 21.3 Å². The minimum atomic E-state index is 0.470. The molecule has 0 spiro atoms. The van der Waals surface area contributed by atoms with E-state index in [2.05, 4.69) is 29.6 Å². The van der Waals surface area contributed by atoms with Gasteiger partial charge in [0, 0.05) is 7.05 Å². The van der Waals surface area contributed by atoms with Gasteiger partial charge in [0.1, 0.15) is 0 Å². The van der Waals surface area contributed by atoms with E-state index >= 15 is 0 Å². The largest absolute Gasteiger partial charge is 0.471 e. The maximum atomic E-state index is 5.23. The molecule has 0 fully saturated rings. The second-order valence-corrected chi connectivity index (χ2v) is 3.35. The van der Waals surface area contributed by atoms with E-state index < -0.39 is 0 Å². The van der Waals surface area contributed by atoms with Crippen LogP contribution in [0.1, 0.15) is 12.0 Å². The molecular formula is C11H15NOS. The van der Waals surface area contributed by atoms with Crippen molar-refractivity contribution >= 4 is 17.4 Å². The standard InChI is InChI=1S/C11H15NOS/c1-12-11(14)13-9-5-8-10-6-3-2-4-7-10/h2-4,6-7H,5,8-9H2,1H3,(H,12,14). The molecule has 0 heterocycles. The number of hydrogen-bond acceptors (Lipinski definition) is 2. The molecule has 0 aliphatic heterocycles. The van der Waals surface area contributed by atoms with Crippen LogP contribution in [0.5, 0.6) is 0 Å². The van der Waals surface area contributed by atoms with Crippen LogP contribution in [-0.2, 0) is 11.2 Å². The molecule has 0 bridgehead atoms. The zero-order valence-electron chi connectivity index (χ0n) is 8.32. The van der Waals surface area contributed by atoms with Gasteiger partial charge in [0.2, 0.25) is 0 Å². The van der Waals surface area contributed by atoms with E-state index in [1.54, 1.807) is 7.05 Å². The van der Waals surface area contributed by atoms with Gasteiger partial charge in [0.05, 0.1) is 6.61 Å². The van der Waals surface area contributed by atoms with E-state index in [1.807, 2.05) is 6.07 Å². The van der Waals surface area contributed by atoms with Crippen LogP contribution in [0.2, 0.25) is 0 Å². The summed E-state index contributed by atoms with van der Waals surface area (Å²) in [6.45, 7) is 0.675. The van der Waals surface area contributed by atoms with E-state index in [0.29, 0.717) is 11.8 Å². The van der Waals surface area contributed by atoms with Crippen LogP contribution in [0.4, 0.5) is 0 Å². The van der Waals surface area contributed by atoms with Gasteiger partial charge < -0.3 is 10.1 Å². The first-order valence-corrected chi connectivity index (χ1v) is 5.12. The van der Waals surface area contributed by atoms with Gasteiger partial charge in [0.25, 0.3) is 5.17 Å². The van der Waals surface area contributed by atoms with E-state index in [4.69, 9.17) is 17.0 Å². The van der Waals surface area contributed by atoms with E-state index in [-0.39, 0.29) is 0 Å². The van der Waals surface area contributed by atoms with Crippen molar-refractivity contribution in [3.8, 4) is 0 Å². The number of ether oxygens (including phenoxy) is 1. The maximum absolute atomic E-state index is 5.23. The highest BCUT2D eigenvalue weighted by Gasteiger charge is 1.94. The third kappa shape index (κ3) is 4.23. The van der Waals surface area contributed by atoms with E-state index in [0.717, 1.165) is 12.8 Å². The summed E-state index contributed by atoms with van der Waals surface area (Å²) in [7, 11) is 1.76. The fourth-order valence-electron chi connectivity index (χ4n) is 1.16. The highest BCUT2D eigenvalue weighted by Crippen LogP contribution is 2.02. The molecule has 1 rings (SSSR count). The number of hydrogen-bond donors (Lipinski definition) is 1. The van der Waals surface area contributed by atoms with Crippen LogP contribution in [0.15, 0.2) is 30.3 Å². The Kier molecular flexibility index (Phi) is 5.00. The summed E-state index contributed by atoms with van der Waals surface area (Å²) in [6.07, 6.45) is 2.03. The van der Waals surface area contributed by atoms with Crippen molar-refractivity contribution in [1.82, 2.24) is 5.32 Å². The lowest BCUT2D eigenvalue weighted by molar-refractivity contribution is 0.295. The van der Waals surface area contributed by atoms with E-state index in [9.17, 15) is 0 Å². The number of benzene rings is 1. The summed E-state index contributed by atoms with van der Waals surface area (Å²) in [5.41, 5.74) is 1.34. The molecule has 76 valence electrons. The molecule has 1 N–H and O–H groups in total. The molecule has 0 aliphatic carbocycles. The summed E-state index contributed by atoms with van der Waals surface area (Å²) in [5, 5.41) is 3.24. The number of thiocarbonyl (C=S) groups is 1. The second-order valence-electron chi connectivity index (χ2n) is 2.98. The van der Waals surface area contributed by atoms with Crippen LogP contribution >= 0.6 is 12.2 Å². The summed E-state index contributed by atoms with van der Waals surface area (Å²) in [5.74, 6) is 0. The van der Waals surface area contributed by atoms with Crippen LogP contribution < -0.4 is 5.32 Å². The summed E-state index contributed by atoms with van der Waals surface area (Å²) in [4.78, 5) is 0. The maximum Gasteiger partial charge on any atom is 0.256 e. The fourth-order valence-corrected chi connectivity index (χ4v) is 1.24. The number of nitrogens with one attached hydrogen (secondary N) is 1. The average molecular weight is 209 g/mol. The first-order valence-electron chi connectivity index (χ1n) is 4.71. The van der Waals surface area contributed by atoms with Crippen molar-refractivity contribution < 1.29 is 4.74 Å². The first kappa shape index (κ1) is 11.0. The number of rotatable bonds is 4. The first-order chi connectivity index (χ1) is 6.83. The zero-order chi connectivity index (χ0) is 10.2. The Morgan fingerprint density at radius 3 is 2.71 bits per heavy atom.